The summed E-state index contributed by atoms with van der Waals surface area (Å²) in [5.41, 5.74) is -0.380. The van der Waals surface area contributed by atoms with E-state index in [4.69, 9.17) is 10.6 Å². The molecule has 0 spiro atoms. The van der Waals surface area contributed by atoms with E-state index in [-0.39, 0.29) is 17.1 Å². The molecule has 0 aromatic heterocycles. The van der Waals surface area contributed by atoms with Gasteiger partial charge in [-0.15, -0.1) is 0 Å². The van der Waals surface area contributed by atoms with Crippen LogP contribution in [-0.4, -0.2) is 51.2 Å². The smallest absolute Gasteiger partial charge is 0.150 e. The zero-order valence-corrected chi connectivity index (χ0v) is 9.51. The van der Waals surface area contributed by atoms with E-state index in [1.807, 2.05) is 0 Å². The van der Waals surface area contributed by atoms with Gasteiger partial charge in [-0.05, 0) is 12.8 Å². The summed E-state index contributed by atoms with van der Waals surface area (Å²) >= 11 is 0. The SMILES string of the molecule is COC1(CN(C)N)CCS(=O)(=O)CC1. The summed E-state index contributed by atoms with van der Waals surface area (Å²) in [5, 5.41) is 1.54. The first-order chi connectivity index (χ1) is 6.39. The summed E-state index contributed by atoms with van der Waals surface area (Å²) in [4.78, 5) is 0. The maximum atomic E-state index is 11.2. The number of rotatable bonds is 3. The standard InChI is InChI=1S/C8H18N2O3S/c1-10(9)7-8(13-2)3-5-14(11,12)6-4-8/h3-7,9H2,1-2H3. The van der Waals surface area contributed by atoms with E-state index in [1.54, 1.807) is 19.2 Å². The number of likely N-dealkylation sites (N-methyl/N-ethyl adjacent to an activating group) is 1. The van der Waals surface area contributed by atoms with Crippen molar-refractivity contribution in [2.45, 2.75) is 18.4 Å². The number of nitrogens with two attached hydrogens (primary N) is 1. The molecule has 0 unspecified atom stereocenters. The molecule has 6 heteroatoms. The van der Waals surface area contributed by atoms with Gasteiger partial charge < -0.3 is 4.74 Å². The average molecular weight is 222 g/mol. The third kappa shape index (κ3) is 2.91. The maximum Gasteiger partial charge on any atom is 0.150 e. The predicted octanol–water partition coefficient (Wildman–Crippen LogP) is -0.614. The van der Waals surface area contributed by atoms with Crippen molar-refractivity contribution in [2.24, 2.45) is 5.84 Å². The van der Waals surface area contributed by atoms with E-state index in [0.717, 1.165) is 0 Å². The number of hydrogen-bond donors (Lipinski definition) is 1. The largest absolute Gasteiger partial charge is 0.377 e. The average Bonchev–Trinajstić information content (AvgIpc) is 2.09. The Morgan fingerprint density at radius 1 is 1.43 bits per heavy atom. The van der Waals surface area contributed by atoms with E-state index < -0.39 is 9.84 Å². The predicted molar refractivity (Wildman–Crippen MR) is 54.4 cm³/mol. The van der Waals surface area contributed by atoms with Crippen LogP contribution in [0.15, 0.2) is 0 Å². The van der Waals surface area contributed by atoms with Gasteiger partial charge in [0.05, 0.1) is 17.1 Å². The van der Waals surface area contributed by atoms with Gasteiger partial charge in [0, 0.05) is 20.7 Å². The van der Waals surface area contributed by atoms with Crippen LogP contribution in [0, 0.1) is 0 Å². The molecule has 5 nitrogen and oxygen atoms in total. The van der Waals surface area contributed by atoms with Gasteiger partial charge in [0.15, 0.2) is 9.84 Å². The van der Waals surface area contributed by atoms with Gasteiger partial charge in [-0.2, -0.15) is 0 Å². The lowest BCUT2D eigenvalue weighted by Crippen LogP contribution is -2.50. The second-order valence-electron chi connectivity index (χ2n) is 3.95. The summed E-state index contributed by atoms with van der Waals surface area (Å²) < 4.78 is 27.9. The Labute approximate surface area is 85.1 Å². The zero-order valence-electron chi connectivity index (χ0n) is 8.69. The second-order valence-corrected chi connectivity index (χ2v) is 6.26. The minimum atomic E-state index is -2.84. The van der Waals surface area contributed by atoms with Crippen molar-refractivity contribution in [2.75, 3.05) is 32.2 Å². The maximum absolute atomic E-state index is 11.2. The Balaban J connectivity index is 2.66. The van der Waals surface area contributed by atoms with E-state index >= 15 is 0 Å². The third-order valence-corrected chi connectivity index (χ3v) is 4.36. The number of ether oxygens (including phenoxy) is 1. The van der Waals surface area contributed by atoms with Crippen molar-refractivity contribution in [3.05, 3.63) is 0 Å². The first-order valence-electron chi connectivity index (χ1n) is 4.61. The van der Waals surface area contributed by atoms with E-state index in [0.29, 0.717) is 19.4 Å². The number of nitrogens with zero attached hydrogens (tertiary/aromatic N) is 1. The van der Waals surface area contributed by atoms with Gasteiger partial charge in [-0.3, -0.25) is 5.84 Å². The molecule has 0 aromatic carbocycles. The lowest BCUT2D eigenvalue weighted by atomic mass is 9.96. The lowest BCUT2D eigenvalue weighted by molar-refractivity contribution is -0.0394. The second kappa shape index (κ2) is 4.14. The third-order valence-electron chi connectivity index (χ3n) is 2.71. The quantitative estimate of drug-likeness (QED) is 0.509. The fraction of sp³-hybridized carbons (Fsp3) is 1.00. The van der Waals surface area contributed by atoms with Crippen LogP contribution in [0.25, 0.3) is 0 Å². The van der Waals surface area contributed by atoms with Gasteiger partial charge in [0.1, 0.15) is 0 Å². The topological polar surface area (TPSA) is 72.6 Å². The Morgan fingerprint density at radius 2 is 1.93 bits per heavy atom. The lowest BCUT2D eigenvalue weighted by Gasteiger charge is -2.37. The molecule has 0 amide bonds. The molecule has 1 saturated heterocycles. The van der Waals surface area contributed by atoms with Crippen LogP contribution < -0.4 is 5.84 Å². The molecule has 0 aromatic rings. The van der Waals surface area contributed by atoms with Crippen molar-refractivity contribution in [3.8, 4) is 0 Å². The van der Waals surface area contributed by atoms with Crippen molar-refractivity contribution >= 4 is 9.84 Å². The number of hydrogen-bond acceptors (Lipinski definition) is 5. The number of hydrazine groups is 1. The monoisotopic (exact) mass is 222 g/mol. The summed E-state index contributed by atoms with van der Waals surface area (Å²) in [6.07, 6.45) is 1.07. The molecule has 14 heavy (non-hydrogen) atoms. The Morgan fingerprint density at radius 3 is 2.29 bits per heavy atom. The van der Waals surface area contributed by atoms with Crippen LogP contribution in [0.5, 0.6) is 0 Å². The highest BCUT2D eigenvalue weighted by molar-refractivity contribution is 7.91. The molecule has 1 aliphatic rings. The molecule has 1 rings (SSSR count). The van der Waals surface area contributed by atoms with Crippen LogP contribution in [0.4, 0.5) is 0 Å². The first-order valence-corrected chi connectivity index (χ1v) is 6.43. The van der Waals surface area contributed by atoms with Crippen molar-refractivity contribution in [1.29, 1.82) is 0 Å². The molecule has 0 saturated carbocycles. The Hall–Kier alpha value is -0.170. The fourth-order valence-electron chi connectivity index (χ4n) is 1.79. The Bertz CT molecular complexity index is 273. The van der Waals surface area contributed by atoms with Gasteiger partial charge in [-0.1, -0.05) is 0 Å². The highest BCUT2D eigenvalue weighted by Crippen LogP contribution is 2.27. The minimum Gasteiger partial charge on any atom is -0.377 e. The molecule has 0 radical (unpaired) electrons. The summed E-state index contributed by atoms with van der Waals surface area (Å²) in [5.74, 6) is 5.96. The van der Waals surface area contributed by atoms with Crippen molar-refractivity contribution in [1.82, 2.24) is 5.01 Å². The summed E-state index contributed by atoms with van der Waals surface area (Å²) in [6.45, 7) is 0.568. The van der Waals surface area contributed by atoms with Crippen LogP contribution in [0.1, 0.15) is 12.8 Å². The van der Waals surface area contributed by atoms with Gasteiger partial charge >= 0.3 is 0 Å². The molecule has 84 valence electrons. The van der Waals surface area contributed by atoms with E-state index in [2.05, 4.69) is 0 Å². The summed E-state index contributed by atoms with van der Waals surface area (Å²) in [7, 11) is 0.527. The molecule has 0 atom stereocenters. The fourth-order valence-corrected chi connectivity index (χ4v) is 3.36. The van der Waals surface area contributed by atoms with Crippen LogP contribution >= 0.6 is 0 Å². The van der Waals surface area contributed by atoms with E-state index in [1.165, 1.54) is 0 Å². The summed E-state index contributed by atoms with van der Waals surface area (Å²) in [6, 6.07) is 0. The van der Waals surface area contributed by atoms with Crippen LogP contribution in [0.3, 0.4) is 0 Å². The molecular formula is C8H18N2O3S. The zero-order chi connectivity index (χ0) is 10.8. The first kappa shape index (κ1) is 11.9. The number of methoxy groups -OCH3 is 1. The minimum absolute atomic E-state index is 0.203. The Kier molecular flexibility index (Phi) is 3.52. The van der Waals surface area contributed by atoms with Crippen LogP contribution in [-0.2, 0) is 14.6 Å². The van der Waals surface area contributed by atoms with Crippen molar-refractivity contribution < 1.29 is 13.2 Å². The number of sulfone groups is 1. The van der Waals surface area contributed by atoms with Gasteiger partial charge in [0.2, 0.25) is 0 Å². The molecule has 1 fully saturated rings. The molecule has 2 N–H and O–H groups in total. The van der Waals surface area contributed by atoms with Gasteiger partial charge in [0.25, 0.3) is 0 Å². The molecule has 1 heterocycles. The molecule has 0 bridgehead atoms. The van der Waals surface area contributed by atoms with Gasteiger partial charge in [-0.25, -0.2) is 13.4 Å². The molecule has 0 aliphatic carbocycles. The van der Waals surface area contributed by atoms with E-state index in [9.17, 15) is 8.42 Å². The molecule has 1 aliphatic heterocycles. The highest BCUT2D eigenvalue weighted by Gasteiger charge is 2.37. The molecular weight excluding hydrogens is 204 g/mol. The van der Waals surface area contributed by atoms with Crippen LogP contribution in [0.2, 0.25) is 0 Å². The highest BCUT2D eigenvalue weighted by atomic mass is 32.2. The normalized spacial score (nSPS) is 25.1. The van der Waals surface area contributed by atoms with Crippen molar-refractivity contribution in [3.63, 3.8) is 0 Å².